The van der Waals surface area contributed by atoms with E-state index in [1.54, 1.807) is 43.5 Å². The topological polar surface area (TPSA) is 59.2 Å². The fourth-order valence-electron chi connectivity index (χ4n) is 2.11. The number of furan rings is 1. The predicted molar refractivity (Wildman–Crippen MR) is 75.5 cm³/mol. The second-order valence-electron chi connectivity index (χ2n) is 4.99. The second kappa shape index (κ2) is 5.86. The zero-order chi connectivity index (χ0) is 14.7. The van der Waals surface area contributed by atoms with Crippen LogP contribution in [0.3, 0.4) is 0 Å². The predicted octanol–water partition coefficient (Wildman–Crippen LogP) is 2.39. The molecular weight excluding hydrogens is 254 g/mol. The van der Waals surface area contributed by atoms with Crippen LogP contribution in [0, 0.1) is 13.8 Å². The van der Waals surface area contributed by atoms with Gasteiger partial charge in [0.15, 0.2) is 0 Å². The molecule has 5 heteroatoms. The van der Waals surface area contributed by atoms with E-state index in [4.69, 9.17) is 4.42 Å². The maximum absolute atomic E-state index is 12.4. The molecule has 0 aromatic carbocycles. The molecule has 5 nitrogen and oxygen atoms in total. The Bertz CT molecular complexity index is 592. The Hall–Kier alpha value is -2.17. The molecule has 0 aliphatic heterocycles. The third-order valence-electron chi connectivity index (χ3n) is 3.37. The summed E-state index contributed by atoms with van der Waals surface area (Å²) in [6.45, 7) is 5.64. The van der Waals surface area contributed by atoms with Gasteiger partial charge in [-0.25, -0.2) is 0 Å². The molecule has 20 heavy (non-hydrogen) atoms. The van der Waals surface area contributed by atoms with Crippen molar-refractivity contribution in [3.8, 4) is 0 Å². The maximum Gasteiger partial charge on any atom is 0.257 e. The lowest BCUT2D eigenvalue weighted by atomic mass is 10.1. The van der Waals surface area contributed by atoms with Crippen LogP contribution in [0.2, 0.25) is 0 Å². The van der Waals surface area contributed by atoms with E-state index in [0.717, 1.165) is 11.5 Å². The zero-order valence-corrected chi connectivity index (χ0v) is 12.3. The SMILES string of the molecule is Cc1cc(C(=O)N(C)[C@@H](C)Cc2cnccn2)c(C)o1. The number of amides is 1. The van der Waals surface area contributed by atoms with Crippen LogP contribution in [-0.4, -0.2) is 33.9 Å². The van der Waals surface area contributed by atoms with Gasteiger partial charge in [0.05, 0.1) is 11.3 Å². The molecule has 0 saturated carbocycles. The minimum absolute atomic E-state index is 0.0317. The molecule has 0 N–H and O–H groups in total. The molecule has 0 aliphatic rings. The van der Waals surface area contributed by atoms with Crippen molar-refractivity contribution in [2.24, 2.45) is 0 Å². The first-order valence-electron chi connectivity index (χ1n) is 6.58. The summed E-state index contributed by atoms with van der Waals surface area (Å²) in [5, 5.41) is 0. The smallest absolute Gasteiger partial charge is 0.257 e. The number of carbonyl (C=O) groups excluding carboxylic acids is 1. The highest BCUT2D eigenvalue weighted by molar-refractivity contribution is 5.95. The van der Waals surface area contributed by atoms with E-state index in [-0.39, 0.29) is 11.9 Å². The first-order valence-corrected chi connectivity index (χ1v) is 6.58. The third-order valence-corrected chi connectivity index (χ3v) is 3.37. The highest BCUT2D eigenvalue weighted by Gasteiger charge is 2.21. The summed E-state index contributed by atoms with van der Waals surface area (Å²) in [7, 11) is 1.80. The highest BCUT2D eigenvalue weighted by Crippen LogP contribution is 2.17. The fraction of sp³-hybridized carbons (Fsp3) is 0.400. The van der Waals surface area contributed by atoms with Gasteiger partial charge < -0.3 is 9.32 Å². The molecule has 0 saturated heterocycles. The molecule has 2 aromatic heterocycles. The Labute approximate surface area is 118 Å². The lowest BCUT2D eigenvalue weighted by Crippen LogP contribution is -2.36. The van der Waals surface area contributed by atoms with Gasteiger partial charge >= 0.3 is 0 Å². The number of carbonyl (C=O) groups is 1. The number of hydrogen-bond acceptors (Lipinski definition) is 4. The van der Waals surface area contributed by atoms with Crippen molar-refractivity contribution in [3.63, 3.8) is 0 Å². The van der Waals surface area contributed by atoms with Crippen molar-refractivity contribution in [1.29, 1.82) is 0 Å². The van der Waals surface area contributed by atoms with Gasteiger partial charge in [-0.1, -0.05) is 0 Å². The van der Waals surface area contributed by atoms with Crippen molar-refractivity contribution in [3.05, 3.63) is 47.4 Å². The molecule has 0 unspecified atom stereocenters. The van der Waals surface area contributed by atoms with Gasteiger partial charge in [0.25, 0.3) is 5.91 Å². The Balaban J connectivity index is 2.08. The number of aromatic nitrogens is 2. The van der Waals surface area contributed by atoms with Gasteiger partial charge in [-0.15, -0.1) is 0 Å². The van der Waals surface area contributed by atoms with Crippen molar-refractivity contribution in [2.45, 2.75) is 33.2 Å². The summed E-state index contributed by atoms with van der Waals surface area (Å²) in [6, 6.07) is 1.82. The van der Waals surface area contributed by atoms with E-state index in [2.05, 4.69) is 9.97 Å². The Morgan fingerprint density at radius 2 is 2.15 bits per heavy atom. The summed E-state index contributed by atoms with van der Waals surface area (Å²) in [5.74, 6) is 1.38. The molecule has 0 radical (unpaired) electrons. The van der Waals surface area contributed by atoms with Gasteiger partial charge in [-0.05, 0) is 26.8 Å². The van der Waals surface area contributed by atoms with Crippen LogP contribution in [0.5, 0.6) is 0 Å². The standard InChI is InChI=1S/C15H19N3O2/c1-10(7-13-9-16-5-6-17-13)18(4)15(19)14-8-11(2)20-12(14)3/h5-6,8-10H,7H2,1-4H3/t10-/m0/s1. The van der Waals surface area contributed by atoms with Gasteiger partial charge in [0, 0.05) is 38.1 Å². The van der Waals surface area contributed by atoms with Crippen LogP contribution in [0.25, 0.3) is 0 Å². The Morgan fingerprint density at radius 1 is 1.40 bits per heavy atom. The third kappa shape index (κ3) is 3.04. The van der Waals surface area contributed by atoms with Crippen LogP contribution >= 0.6 is 0 Å². The number of aryl methyl sites for hydroxylation is 2. The first kappa shape index (κ1) is 14.2. The van der Waals surface area contributed by atoms with E-state index in [0.29, 0.717) is 17.7 Å². The first-order chi connectivity index (χ1) is 9.49. The van der Waals surface area contributed by atoms with E-state index in [1.165, 1.54) is 0 Å². The van der Waals surface area contributed by atoms with Gasteiger partial charge in [-0.2, -0.15) is 0 Å². The van der Waals surface area contributed by atoms with Crippen molar-refractivity contribution in [2.75, 3.05) is 7.05 Å². The van der Waals surface area contributed by atoms with Crippen LogP contribution in [0.15, 0.2) is 29.1 Å². The summed E-state index contributed by atoms with van der Waals surface area (Å²) in [5.41, 5.74) is 1.50. The zero-order valence-electron chi connectivity index (χ0n) is 12.3. The number of rotatable bonds is 4. The van der Waals surface area contributed by atoms with Gasteiger partial charge in [0.2, 0.25) is 0 Å². The lowest BCUT2D eigenvalue weighted by molar-refractivity contribution is 0.0741. The highest BCUT2D eigenvalue weighted by atomic mass is 16.3. The van der Waals surface area contributed by atoms with Crippen LogP contribution in [0.1, 0.15) is 34.5 Å². The minimum atomic E-state index is -0.0317. The van der Waals surface area contributed by atoms with Gasteiger partial charge in [0.1, 0.15) is 11.5 Å². The largest absolute Gasteiger partial charge is 0.466 e. The average Bonchev–Trinajstić information content (AvgIpc) is 2.77. The number of hydrogen-bond donors (Lipinski definition) is 0. The van der Waals surface area contributed by atoms with Crippen molar-refractivity contribution in [1.82, 2.24) is 14.9 Å². The van der Waals surface area contributed by atoms with Crippen molar-refractivity contribution < 1.29 is 9.21 Å². The maximum atomic E-state index is 12.4. The summed E-state index contributed by atoms with van der Waals surface area (Å²) >= 11 is 0. The fourth-order valence-corrected chi connectivity index (χ4v) is 2.11. The second-order valence-corrected chi connectivity index (χ2v) is 4.99. The van der Waals surface area contributed by atoms with Crippen LogP contribution in [-0.2, 0) is 6.42 Å². The van der Waals surface area contributed by atoms with Crippen LogP contribution < -0.4 is 0 Å². The normalized spacial score (nSPS) is 12.2. The molecule has 0 bridgehead atoms. The van der Waals surface area contributed by atoms with E-state index >= 15 is 0 Å². The molecule has 0 spiro atoms. The lowest BCUT2D eigenvalue weighted by Gasteiger charge is -2.24. The average molecular weight is 273 g/mol. The molecular formula is C15H19N3O2. The van der Waals surface area contributed by atoms with E-state index < -0.39 is 0 Å². The summed E-state index contributed by atoms with van der Waals surface area (Å²) in [6.07, 6.45) is 5.70. The summed E-state index contributed by atoms with van der Waals surface area (Å²) < 4.78 is 5.41. The molecule has 2 rings (SSSR count). The molecule has 1 amide bonds. The molecule has 0 aliphatic carbocycles. The minimum Gasteiger partial charge on any atom is -0.466 e. The Kier molecular flexibility index (Phi) is 4.17. The molecule has 0 fully saturated rings. The quantitative estimate of drug-likeness (QED) is 0.858. The van der Waals surface area contributed by atoms with E-state index in [9.17, 15) is 4.79 Å². The molecule has 1 atom stereocenters. The number of likely N-dealkylation sites (N-methyl/N-ethyl adjacent to an activating group) is 1. The van der Waals surface area contributed by atoms with Gasteiger partial charge in [-0.3, -0.25) is 14.8 Å². The monoisotopic (exact) mass is 273 g/mol. The molecule has 106 valence electrons. The van der Waals surface area contributed by atoms with Crippen molar-refractivity contribution >= 4 is 5.91 Å². The molecule has 2 aromatic rings. The van der Waals surface area contributed by atoms with Crippen LogP contribution in [0.4, 0.5) is 0 Å². The summed E-state index contributed by atoms with van der Waals surface area (Å²) in [4.78, 5) is 22.4. The van der Waals surface area contributed by atoms with E-state index in [1.807, 2.05) is 13.8 Å². The Morgan fingerprint density at radius 3 is 2.70 bits per heavy atom. The molecule has 2 heterocycles. The number of nitrogens with zero attached hydrogens (tertiary/aromatic N) is 3.